The first-order valence-electron chi connectivity index (χ1n) is 7.66. The molecule has 0 unspecified atom stereocenters. The number of halogens is 2. The van der Waals surface area contributed by atoms with E-state index in [1.165, 1.54) is 6.07 Å². The molecule has 0 spiro atoms. The second kappa shape index (κ2) is 9.86. The Morgan fingerprint density at radius 3 is 2.70 bits per heavy atom. The van der Waals surface area contributed by atoms with Crippen LogP contribution in [0.1, 0.15) is 32.8 Å². The van der Waals surface area contributed by atoms with E-state index in [4.69, 9.17) is 10.5 Å². The first-order valence-corrected chi connectivity index (χ1v) is 7.66. The lowest BCUT2D eigenvalue weighted by molar-refractivity contribution is -0.0505. The van der Waals surface area contributed by atoms with E-state index in [2.05, 4.69) is 15.0 Å². The zero-order valence-electron chi connectivity index (χ0n) is 13.8. The molecule has 0 bridgehead atoms. The number of hydrogen-bond donors (Lipinski definition) is 2. The highest BCUT2D eigenvalue weighted by atomic mass is 19.3. The van der Waals surface area contributed by atoms with E-state index in [-0.39, 0.29) is 18.3 Å². The van der Waals surface area contributed by atoms with Crippen LogP contribution in [0.4, 0.5) is 8.78 Å². The van der Waals surface area contributed by atoms with Gasteiger partial charge in [-0.15, -0.1) is 0 Å². The second-order valence-electron chi connectivity index (χ2n) is 5.47. The van der Waals surface area contributed by atoms with Gasteiger partial charge in [0.15, 0.2) is 5.96 Å². The molecule has 0 fully saturated rings. The molecule has 0 saturated heterocycles. The molecule has 0 radical (unpaired) electrons. The first-order chi connectivity index (χ1) is 10.9. The predicted octanol–water partition coefficient (Wildman–Crippen LogP) is 3.14. The SMILES string of the molecule is CCCOc1ccc(CN=C(N)NCC(C)C)c(OC(F)F)c1. The highest BCUT2D eigenvalue weighted by molar-refractivity contribution is 5.77. The van der Waals surface area contributed by atoms with Crippen molar-refractivity contribution in [1.29, 1.82) is 0 Å². The van der Waals surface area contributed by atoms with E-state index in [0.29, 0.717) is 30.4 Å². The molecule has 0 aliphatic heterocycles. The number of benzene rings is 1. The minimum absolute atomic E-state index is 0.0500. The van der Waals surface area contributed by atoms with Crippen LogP contribution >= 0.6 is 0 Å². The maximum Gasteiger partial charge on any atom is 0.387 e. The Bertz CT molecular complexity index is 508. The Morgan fingerprint density at radius 2 is 2.09 bits per heavy atom. The van der Waals surface area contributed by atoms with Crippen LogP contribution in [0.5, 0.6) is 11.5 Å². The minimum atomic E-state index is -2.91. The smallest absolute Gasteiger partial charge is 0.387 e. The molecule has 0 aromatic heterocycles. The third-order valence-electron chi connectivity index (χ3n) is 2.84. The normalized spacial score (nSPS) is 11.9. The van der Waals surface area contributed by atoms with Crippen LogP contribution in [0.25, 0.3) is 0 Å². The standard InChI is InChI=1S/C16H25F2N3O2/c1-4-7-22-13-6-5-12(14(8-13)23-15(17)18)10-21-16(19)20-9-11(2)3/h5-6,8,11,15H,4,7,9-10H2,1-3H3,(H3,19,20,21). The van der Waals surface area contributed by atoms with Crippen LogP contribution in [0, 0.1) is 5.92 Å². The molecule has 5 nitrogen and oxygen atoms in total. The van der Waals surface area contributed by atoms with Crippen LogP contribution < -0.4 is 20.5 Å². The minimum Gasteiger partial charge on any atom is -0.493 e. The summed E-state index contributed by atoms with van der Waals surface area (Å²) in [4.78, 5) is 4.14. The molecule has 0 aliphatic carbocycles. The van der Waals surface area contributed by atoms with E-state index in [1.807, 2.05) is 20.8 Å². The van der Waals surface area contributed by atoms with Gasteiger partial charge in [-0.2, -0.15) is 8.78 Å². The largest absolute Gasteiger partial charge is 0.493 e. The summed E-state index contributed by atoms with van der Waals surface area (Å²) in [6.07, 6.45) is 0.829. The number of hydrogen-bond acceptors (Lipinski definition) is 3. The molecule has 1 aromatic rings. The van der Waals surface area contributed by atoms with Crippen molar-refractivity contribution in [3.63, 3.8) is 0 Å². The zero-order chi connectivity index (χ0) is 17.2. The Labute approximate surface area is 135 Å². The van der Waals surface area contributed by atoms with Crippen LogP contribution in [-0.2, 0) is 6.54 Å². The molecule has 0 saturated carbocycles. The van der Waals surface area contributed by atoms with Gasteiger partial charge in [0.1, 0.15) is 11.5 Å². The van der Waals surface area contributed by atoms with E-state index in [1.54, 1.807) is 12.1 Å². The quantitative estimate of drug-likeness (QED) is 0.539. The summed E-state index contributed by atoms with van der Waals surface area (Å²) in [6.45, 7) is 4.50. The number of ether oxygens (including phenoxy) is 2. The first kappa shape index (κ1) is 19.0. The van der Waals surface area contributed by atoms with Gasteiger partial charge in [-0.25, -0.2) is 4.99 Å². The van der Waals surface area contributed by atoms with Crippen LogP contribution in [0.2, 0.25) is 0 Å². The Kier molecular flexibility index (Phi) is 8.15. The number of alkyl halides is 2. The summed E-state index contributed by atoms with van der Waals surface area (Å²) in [5, 5.41) is 2.97. The lowest BCUT2D eigenvalue weighted by atomic mass is 10.2. The number of nitrogens with zero attached hydrogens (tertiary/aromatic N) is 1. The van der Waals surface area contributed by atoms with Gasteiger partial charge in [0.25, 0.3) is 0 Å². The molecule has 1 rings (SSSR count). The lowest BCUT2D eigenvalue weighted by Crippen LogP contribution is -2.34. The van der Waals surface area contributed by atoms with Gasteiger partial charge < -0.3 is 20.5 Å². The fourth-order valence-electron chi connectivity index (χ4n) is 1.72. The van der Waals surface area contributed by atoms with Crippen LogP contribution in [0.3, 0.4) is 0 Å². The van der Waals surface area contributed by atoms with Gasteiger partial charge in [0.05, 0.1) is 13.2 Å². The Hall–Kier alpha value is -2.05. The van der Waals surface area contributed by atoms with Crippen molar-refractivity contribution >= 4 is 5.96 Å². The van der Waals surface area contributed by atoms with Gasteiger partial charge in [-0.3, -0.25) is 0 Å². The Morgan fingerprint density at radius 1 is 1.35 bits per heavy atom. The van der Waals surface area contributed by atoms with E-state index in [9.17, 15) is 8.78 Å². The molecule has 0 aliphatic rings. The average molecular weight is 329 g/mol. The molecule has 3 N–H and O–H groups in total. The number of rotatable bonds is 9. The molecule has 0 amide bonds. The van der Waals surface area contributed by atoms with Crippen molar-refractivity contribution < 1.29 is 18.3 Å². The zero-order valence-corrected chi connectivity index (χ0v) is 13.8. The summed E-state index contributed by atoms with van der Waals surface area (Å²) < 4.78 is 35.1. The highest BCUT2D eigenvalue weighted by Crippen LogP contribution is 2.27. The molecule has 1 aromatic carbocycles. The highest BCUT2D eigenvalue weighted by Gasteiger charge is 2.11. The number of aliphatic imine (C=N–C) groups is 1. The summed E-state index contributed by atoms with van der Waals surface area (Å²) in [7, 11) is 0. The maximum atomic E-state index is 12.6. The third-order valence-corrected chi connectivity index (χ3v) is 2.84. The molecular weight excluding hydrogens is 304 g/mol. The van der Waals surface area contributed by atoms with Crippen LogP contribution in [0.15, 0.2) is 23.2 Å². The molecule has 7 heteroatoms. The fourth-order valence-corrected chi connectivity index (χ4v) is 1.72. The van der Waals surface area contributed by atoms with Gasteiger partial charge in [-0.05, 0) is 24.5 Å². The van der Waals surface area contributed by atoms with E-state index >= 15 is 0 Å². The number of nitrogens with two attached hydrogens (primary N) is 1. The van der Waals surface area contributed by atoms with Crippen molar-refractivity contribution in [3.05, 3.63) is 23.8 Å². The van der Waals surface area contributed by atoms with Gasteiger partial charge in [0, 0.05) is 18.2 Å². The van der Waals surface area contributed by atoms with E-state index in [0.717, 1.165) is 6.42 Å². The third kappa shape index (κ3) is 7.67. The maximum absolute atomic E-state index is 12.6. The predicted molar refractivity (Wildman–Crippen MR) is 87.0 cm³/mol. The van der Waals surface area contributed by atoms with Gasteiger partial charge >= 0.3 is 6.61 Å². The van der Waals surface area contributed by atoms with Crippen LogP contribution in [-0.4, -0.2) is 25.7 Å². The summed E-state index contributed by atoms with van der Waals surface area (Å²) in [5.74, 6) is 1.24. The average Bonchev–Trinajstić information content (AvgIpc) is 2.49. The van der Waals surface area contributed by atoms with Crippen molar-refractivity contribution in [3.8, 4) is 11.5 Å². The molecule has 0 heterocycles. The van der Waals surface area contributed by atoms with Crippen molar-refractivity contribution in [1.82, 2.24) is 5.32 Å². The summed E-state index contributed by atoms with van der Waals surface area (Å²) in [5.41, 5.74) is 6.26. The second-order valence-corrected chi connectivity index (χ2v) is 5.47. The van der Waals surface area contributed by atoms with Gasteiger partial charge in [0.2, 0.25) is 0 Å². The summed E-state index contributed by atoms with van der Waals surface area (Å²) >= 11 is 0. The number of guanidine groups is 1. The van der Waals surface area contributed by atoms with Crippen molar-refractivity contribution in [2.24, 2.45) is 16.6 Å². The summed E-state index contributed by atoms with van der Waals surface area (Å²) in [6, 6.07) is 4.81. The monoisotopic (exact) mass is 329 g/mol. The lowest BCUT2D eigenvalue weighted by Gasteiger charge is -2.13. The van der Waals surface area contributed by atoms with E-state index < -0.39 is 6.61 Å². The Balaban J connectivity index is 2.80. The molecule has 130 valence electrons. The molecular formula is C16H25F2N3O2. The van der Waals surface area contributed by atoms with Crippen molar-refractivity contribution in [2.75, 3.05) is 13.2 Å². The van der Waals surface area contributed by atoms with Gasteiger partial charge in [-0.1, -0.05) is 20.8 Å². The van der Waals surface area contributed by atoms with Crippen molar-refractivity contribution in [2.45, 2.75) is 40.3 Å². The topological polar surface area (TPSA) is 68.9 Å². The molecule has 23 heavy (non-hydrogen) atoms. The molecule has 0 atom stereocenters. The number of nitrogens with one attached hydrogen (secondary N) is 1. The fraction of sp³-hybridized carbons (Fsp3) is 0.562.